The van der Waals surface area contributed by atoms with Crippen molar-refractivity contribution < 1.29 is 14.5 Å². The number of ether oxygens (including phenoxy) is 1. The average Bonchev–Trinajstić information content (AvgIpc) is 2.52. The summed E-state index contributed by atoms with van der Waals surface area (Å²) in [7, 11) is 1.38. The van der Waals surface area contributed by atoms with Crippen LogP contribution in [-0.4, -0.2) is 42.5 Å². The number of nitro benzene ring substituents is 1. The molecule has 0 saturated carbocycles. The molecule has 114 valence electrons. The number of para-hydroxylation sites is 1. The lowest BCUT2D eigenvalue weighted by Crippen LogP contribution is -2.39. The Morgan fingerprint density at radius 3 is 2.71 bits per heavy atom. The molecule has 1 N–H and O–H groups in total. The van der Waals surface area contributed by atoms with Gasteiger partial charge in [0.1, 0.15) is 5.69 Å². The molecular formula is C14H19N3O4. The first-order valence-electron chi connectivity index (χ1n) is 6.96. The number of carbonyl (C=O) groups is 1. The third kappa shape index (κ3) is 3.62. The van der Waals surface area contributed by atoms with E-state index in [2.05, 4.69) is 5.32 Å². The van der Waals surface area contributed by atoms with E-state index in [9.17, 15) is 14.9 Å². The average molecular weight is 293 g/mol. The number of rotatable bonds is 5. The molecule has 21 heavy (non-hydrogen) atoms. The molecule has 1 aromatic rings. The summed E-state index contributed by atoms with van der Waals surface area (Å²) < 4.78 is 4.99. The van der Waals surface area contributed by atoms with Crippen LogP contribution < -0.4 is 10.1 Å². The van der Waals surface area contributed by atoms with E-state index in [1.54, 1.807) is 17.0 Å². The first-order valence-corrected chi connectivity index (χ1v) is 6.96. The standard InChI is InChI=1S/C14H19N3O4/c1-21-12-7-5-6-11(14(12)17(19)20)15-10-13(18)16-8-3-2-4-9-16/h5-7,15H,2-4,8-10H2,1H3. The highest BCUT2D eigenvalue weighted by Crippen LogP contribution is 2.34. The molecule has 7 nitrogen and oxygen atoms in total. The van der Waals surface area contributed by atoms with Crippen molar-refractivity contribution >= 4 is 17.3 Å². The van der Waals surface area contributed by atoms with E-state index >= 15 is 0 Å². The van der Waals surface area contributed by atoms with Crippen molar-refractivity contribution in [1.29, 1.82) is 0 Å². The fourth-order valence-corrected chi connectivity index (χ4v) is 2.44. The molecule has 1 saturated heterocycles. The molecule has 1 aliphatic rings. The summed E-state index contributed by atoms with van der Waals surface area (Å²) in [5.41, 5.74) is 0.149. The Kier molecular flexibility index (Phi) is 4.97. The lowest BCUT2D eigenvalue weighted by Gasteiger charge is -2.26. The smallest absolute Gasteiger partial charge is 0.333 e. The van der Waals surface area contributed by atoms with Gasteiger partial charge in [-0.15, -0.1) is 0 Å². The van der Waals surface area contributed by atoms with Crippen LogP contribution >= 0.6 is 0 Å². The summed E-state index contributed by atoms with van der Waals surface area (Å²) in [6.45, 7) is 1.58. The zero-order chi connectivity index (χ0) is 15.2. The maximum absolute atomic E-state index is 12.1. The van der Waals surface area contributed by atoms with Gasteiger partial charge in [0.05, 0.1) is 18.6 Å². The molecule has 0 spiro atoms. The molecule has 1 fully saturated rings. The van der Waals surface area contributed by atoms with Gasteiger partial charge >= 0.3 is 5.69 Å². The fraction of sp³-hybridized carbons (Fsp3) is 0.500. The van der Waals surface area contributed by atoms with Crippen molar-refractivity contribution in [1.82, 2.24) is 4.90 Å². The number of piperidine rings is 1. The van der Waals surface area contributed by atoms with Gasteiger partial charge in [0.15, 0.2) is 5.75 Å². The molecule has 1 aliphatic heterocycles. The minimum Gasteiger partial charge on any atom is -0.490 e. The Hall–Kier alpha value is -2.31. The summed E-state index contributed by atoms with van der Waals surface area (Å²) in [4.78, 5) is 24.5. The van der Waals surface area contributed by atoms with Gasteiger partial charge in [-0.3, -0.25) is 14.9 Å². The van der Waals surface area contributed by atoms with Crippen LogP contribution in [0.25, 0.3) is 0 Å². The number of carbonyl (C=O) groups excluding carboxylic acids is 1. The minimum atomic E-state index is -0.507. The summed E-state index contributed by atoms with van der Waals surface area (Å²) in [6.07, 6.45) is 3.19. The third-order valence-corrected chi connectivity index (χ3v) is 3.54. The quantitative estimate of drug-likeness (QED) is 0.663. The molecule has 0 atom stereocenters. The molecule has 1 amide bonds. The Morgan fingerprint density at radius 1 is 1.38 bits per heavy atom. The minimum absolute atomic E-state index is 0.0354. The Balaban J connectivity index is 2.05. The Labute approximate surface area is 123 Å². The molecule has 0 bridgehead atoms. The van der Waals surface area contributed by atoms with Crippen molar-refractivity contribution in [3.05, 3.63) is 28.3 Å². The van der Waals surface area contributed by atoms with Crippen LogP contribution in [0.5, 0.6) is 5.75 Å². The number of hydrogen-bond acceptors (Lipinski definition) is 5. The molecule has 0 aromatic heterocycles. The first kappa shape index (κ1) is 15.1. The number of hydrogen-bond donors (Lipinski definition) is 1. The van der Waals surface area contributed by atoms with E-state index in [-0.39, 0.29) is 23.9 Å². The number of nitrogens with one attached hydrogen (secondary N) is 1. The molecule has 7 heteroatoms. The van der Waals surface area contributed by atoms with Crippen molar-refractivity contribution in [3.8, 4) is 5.75 Å². The first-order chi connectivity index (χ1) is 10.1. The molecule has 1 heterocycles. The summed E-state index contributed by atoms with van der Waals surface area (Å²) in [6, 6.07) is 4.75. The topological polar surface area (TPSA) is 84.7 Å². The van der Waals surface area contributed by atoms with Gasteiger partial charge in [-0.2, -0.15) is 0 Å². The number of benzene rings is 1. The SMILES string of the molecule is COc1cccc(NCC(=O)N2CCCCC2)c1[N+](=O)[O-]. The Bertz CT molecular complexity index is 527. The second-order valence-corrected chi connectivity index (χ2v) is 4.91. The van der Waals surface area contributed by atoms with Gasteiger partial charge in [-0.1, -0.05) is 6.07 Å². The number of anilines is 1. The lowest BCUT2D eigenvalue weighted by atomic mass is 10.1. The van der Waals surface area contributed by atoms with Crippen LogP contribution in [0, 0.1) is 10.1 Å². The monoisotopic (exact) mass is 293 g/mol. The predicted octanol–water partition coefficient (Wildman–Crippen LogP) is 2.03. The lowest BCUT2D eigenvalue weighted by molar-refractivity contribution is -0.384. The molecular weight excluding hydrogens is 274 g/mol. The highest BCUT2D eigenvalue weighted by atomic mass is 16.6. The maximum atomic E-state index is 12.1. The summed E-state index contributed by atoms with van der Waals surface area (Å²) in [5.74, 6) is 0.141. The van der Waals surface area contributed by atoms with Gasteiger partial charge in [-0.25, -0.2) is 0 Å². The van der Waals surface area contributed by atoms with E-state index in [0.717, 1.165) is 32.4 Å². The molecule has 0 radical (unpaired) electrons. The van der Waals surface area contributed by atoms with E-state index in [1.165, 1.54) is 13.2 Å². The van der Waals surface area contributed by atoms with Crippen LogP contribution in [0.4, 0.5) is 11.4 Å². The van der Waals surface area contributed by atoms with E-state index < -0.39 is 4.92 Å². The zero-order valence-electron chi connectivity index (χ0n) is 12.0. The second kappa shape index (κ2) is 6.92. The van der Waals surface area contributed by atoms with Gasteiger partial charge in [-0.05, 0) is 31.4 Å². The molecule has 0 aliphatic carbocycles. The third-order valence-electron chi connectivity index (χ3n) is 3.54. The van der Waals surface area contributed by atoms with Gasteiger partial charge in [0, 0.05) is 13.1 Å². The fourth-order valence-electron chi connectivity index (χ4n) is 2.44. The second-order valence-electron chi connectivity index (χ2n) is 4.91. The molecule has 1 aromatic carbocycles. The van der Waals surface area contributed by atoms with Crippen LogP contribution in [0.15, 0.2) is 18.2 Å². The highest BCUT2D eigenvalue weighted by Gasteiger charge is 2.22. The van der Waals surface area contributed by atoms with Crippen molar-refractivity contribution in [2.24, 2.45) is 0 Å². The zero-order valence-corrected chi connectivity index (χ0v) is 12.0. The largest absolute Gasteiger partial charge is 0.490 e. The van der Waals surface area contributed by atoms with E-state index in [4.69, 9.17) is 4.74 Å². The van der Waals surface area contributed by atoms with Crippen molar-refractivity contribution in [2.75, 3.05) is 32.1 Å². The number of methoxy groups -OCH3 is 1. The van der Waals surface area contributed by atoms with Crippen LogP contribution in [0.2, 0.25) is 0 Å². The summed E-state index contributed by atoms with van der Waals surface area (Å²) in [5, 5.41) is 14.0. The van der Waals surface area contributed by atoms with Crippen molar-refractivity contribution in [3.63, 3.8) is 0 Å². The highest BCUT2D eigenvalue weighted by molar-refractivity contribution is 5.82. The van der Waals surface area contributed by atoms with E-state index in [0.29, 0.717) is 5.69 Å². The molecule has 2 rings (SSSR count). The van der Waals surface area contributed by atoms with E-state index in [1.807, 2.05) is 0 Å². The van der Waals surface area contributed by atoms with Gasteiger partial charge in [0.25, 0.3) is 0 Å². The number of nitro groups is 1. The normalized spacial score (nSPS) is 14.6. The van der Waals surface area contributed by atoms with Crippen LogP contribution in [-0.2, 0) is 4.79 Å². The number of nitrogens with zero attached hydrogens (tertiary/aromatic N) is 2. The predicted molar refractivity (Wildman–Crippen MR) is 78.6 cm³/mol. The maximum Gasteiger partial charge on any atom is 0.333 e. The summed E-state index contributed by atoms with van der Waals surface area (Å²) >= 11 is 0. The Morgan fingerprint density at radius 2 is 2.10 bits per heavy atom. The number of amides is 1. The number of likely N-dealkylation sites (tertiary alicyclic amines) is 1. The van der Waals surface area contributed by atoms with Crippen LogP contribution in [0.3, 0.4) is 0 Å². The van der Waals surface area contributed by atoms with Gasteiger partial charge < -0.3 is 15.0 Å². The van der Waals surface area contributed by atoms with Crippen LogP contribution in [0.1, 0.15) is 19.3 Å². The molecule has 0 unspecified atom stereocenters. The van der Waals surface area contributed by atoms with Gasteiger partial charge in [0.2, 0.25) is 5.91 Å². The van der Waals surface area contributed by atoms with Crippen molar-refractivity contribution in [2.45, 2.75) is 19.3 Å².